The summed E-state index contributed by atoms with van der Waals surface area (Å²) in [6, 6.07) is 12.7. The molecule has 2 heteroatoms. The Hall–Kier alpha value is -0.860. The third-order valence-electron chi connectivity index (χ3n) is 2.30. The molecule has 2 rings (SSSR count). The monoisotopic (exact) mass is 249 g/mol. The van der Waals surface area contributed by atoms with Gasteiger partial charge in [0.15, 0.2) is 0 Å². The van der Waals surface area contributed by atoms with Crippen molar-refractivity contribution in [1.29, 1.82) is 0 Å². The minimum absolute atomic E-state index is 0.699. The molecule has 0 aliphatic carbocycles. The average molecular weight is 250 g/mol. The molecule has 0 aromatic heterocycles. The van der Waals surface area contributed by atoms with Crippen molar-refractivity contribution in [3.8, 4) is 0 Å². The summed E-state index contributed by atoms with van der Waals surface area (Å²) in [6.07, 6.45) is 0.934. The Morgan fingerprint density at radius 2 is 1.93 bits per heavy atom. The largest absolute Gasteiger partial charge is 0.330 e. The molecule has 0 aliphatic heterocycles. The third kappa shape index (κ3) is 1.81. The second-order valence-electron chi connectivity index (χ2n) is 3.34. The quantitative estimate of drug-likeness (QED) is 0.870. The first-order valence-corrected chi connectivity index (χ1v) is 5.48. The minimum atomic E-state index is 0.699. The number of fused-ring (bicyclic) bond motifs is 1. The first-order chi connectivity index (χ1) is 6.81. The van der Waals surface area contributed by atoms with E-state index < -0.39 is 0 Å². The molecule has 0 atom stereocenters. The van der Waals surface area contributed by atoms with Crippen molar-refractivity contribution >= 4 is 26.7 Å². The predicted molar refractivity (Wildman–Crippen MR) is 64.4 cm³/mol. The molecule has 72 valence electrons. The van der Waals surface area contributed by atoms with E-state index in [1.165, 1.54) is 16.3 Å². The van der Waals surface area contributed by atoms with Crippen molar-refractivity contribution in [2.24, 2.45) is 5.73 Å². The molecular formula is C12H12BrN. The van der Waals surface area contributed by atoms with E-state index in [0.29, 0.717) is 6.54 Å². The molecule has 0 aliphatic rings. The van der Waals surface area contributed by atoms with E-state index in [-0.39, 0.29) is 0 Å². The topological polar surface area (TPSA) is 26.0 Å². The Morgan fingerprint density at radius 3 is 2.71 bits per heavy atom. The van der Waals surface area contributed by atoms with Crippen LogP contribution in [0.2, 0.25) is 0 Å². The highest BCUT2D eigenvalue weighted by molar-refractivity contribution is 9.10. The summed E-state index contributed by atoms with van der Waals surface area (Å²) in [4.78, 5) is 0. The fourth-order valence-corrected chi connectivity index (χ4v) is 2.29. The molecule has 2 N–H and O–H groups in total. The van der Waals surface area contributed by atoms with Crippen LogP contribution in [-0.4, -0.2) is 6.54 Å². The number of hydrogen-bond donors (Lipinski definition) is 1. The van der Waals surface area contributed by atoms with Crippen molar-refractivity contribution in [1.82, 2.24) is 0 Å². The van der Waals surface area contributed by atoms with Crippen LogP contribution in [0.3, 0.4) is 0 Å². The van der Waals surface area contributed by atoms with Crippen LogP contribution in [0.4, 0.5) is 0 Å². The Labute approximate surface area is 92.1 Å². The summed E-state index contributed by atoms with van der Waals surface area (Å²) < 4.78 is 1.15. The molecule has 0 spiro atoms. The highest BCUT2D eigenvalue weighted by Crippen LogP contribution is 2.25. The van der Waals surface area contributed by atoms with Gasteiger partial charge in [0.05, 0.1) is 0 Å². The van der Waals surface area contributed by atoms with Gasteiger partial charge in [-0.15, -0.1) is 0 Å². The molecule has 0 unspecified atom stereocenters. The van der Waals surface area contributed by atoms with Gasteiger partial charge in [0, 0.05) is 4.47 Å². The SMILES string of the molecule is NCCc1cc(Br)c2ccccc2c1. The third-order valence-corrected chi connectivity index (χ3v) is 2.96. The molecule has 0 fully saturated rings. The molecule has 0 amide bonds. The summed E-state index contributed by atoms with van der Waals surface area (Å²) in [5.74, 6) is 0. The molecule has 2 aromatic rings. The fraction of sp³-hybridized carbons (Fsp3) is 0.167. The molecule has 1 nitrogen and oxygen atoms in total. The van der Waals surface area contributed by atoms with Crippen LogP contribution in [0.25, 0.3) is 10.8 Å². The molecule has 0 saturated carbocycles. The van der Waals surface area contributed by atoms with Gasteiger partial charge in [0.2, 0.25) is 0 Å². The van der Waals surface area contributed by atoms with Crippen molar-refractivity contribution < 1.29 is 0 Å². The van der Waals surface area contributed by atoms with Crippen LogP contribution in [0.1, 0.15) is 5.56 Å². The second kappa shape index (κ2) is 4.11. The molecule has 2 aromatic carbocycles. The number of nitrogens with two attached hydrogens (primary N) is 1. The highest BCUT2D eigenvalue weighted by atomic mass is 79.9. The lowest BCUT2D eigenvalue weighted by Crippen LogP contribution is -2.02. The Kier molecular flexibility index (Phi) is 2.85. The van der Waals surface area contributed by atoms with Crippen LogP contribution < -0.4 is 5.73 Å². The van der Waals surface area contributed by atoms with Gasteiger partial charge in [-0.2, -0.15) is 0 Å². The summed E-state index contributed by atoms with van der Waals surface area (Å²) >= 11 is 3.58. The summed E-state index contributed by atoms with van der Waals surface area (Å²) in [7, 11) is 0. The van der Waals surface area contributed by atoms with Gasteiger partial charge in [-0.3, -0.25) is 0 Å². The first kappa shape index (κ1) is 9.69. The minimum Gasteiger partial charge on any atom is -0.330 e. The van der Waals surface area contributed by atoms with Gasteiger partial charge in [0.25, 0.3) is 0 Å². The number of rotatable bonds is 2. The van der Waals surface area contributed by atoms with Crippen molar-refractivity contribution in [3.05, 3.63) is 46.4 Å². The van der Waals surface area contributed by atoms with Crippen molar-refractivity contribution in [3.63, 3.8) is 0 Å². The van der Waals surface area contributed by atoms with Gasteiger partial charge in [-0.05, 0) is 35.4 Å². The smallest absolute Gasteiger partial charge is 0.0256 e. The lowest BCUT2D eigenvalue weighted by Gasteiger charge is -2.04. The standard InChI is InChI=1S/C12H12BrN/c13-12-8-9(5-6-14)7-10-3-1-2-4-11(10)12/h1-4,7-8H,5-6,14H2. The summed E-state index contributed by atoms with van der Waals surface area (Å²) in [6.45, 7) is 0.699. The zero-order valence-corrected chi connectivity index (χ0v) is 9.42. The van der Waals surface area contributed by atoms with Gasteiger partial charge >= 0.3 is 0 Å². The van der Waals surface area contributed by atoms with Gasteiger partial charge in [0.1, 0.15) is 0 Å². The normalized spacial score (nSPS) is 10.7. The van der Waals surface area contributed by atoms with Crippen LogP contribution in [-0.2, 0) is 6.42 Å². The van der Waals surface area contributed by atoms with Gasteiger partial charge in [-0.25, -0.2) is 0 Å². The predicted octanol–water partition coefficient (Wildman–Crippen LogP) is 3.10. The maximum Gasteiger partial charge on any atom is 0.0256 e. The molecular weight excluding hydrogens is 238 g/mol. The number of benzene rings is 2. The second-order valence-corrected chi connectivity index (χ2v) is 4.19. The van der Waals surface area contributed by atoms with E-state index >= 15 is 0 Å². The van der Waals surface area contributed by atoms with Crippen LogP contribution in [0.5, 0.6) is 0 Å². The molecule has 14 heavy (non-hydrogen) atoms. The highest BCUT2D eigenvalue weighted by Gasteiger charge is 2.00. The maximum absolute atomic E-state index is 5.54. The molecule has 0 heterocycles. The average Bonchev–Trinajstić information content (AvgIpc) is 2.18. The van der Waals surface area contributed by atoms with E-state index in [9.17, 15) is 0 Å². The Morgan fingerprint density at radius 1 is 1.14 bits per heavy atom. The number of halogens is 1. The summed E-state index contributed by atoms with van der Waals surface area (Å²) in [5, 5.41) is 2.53. The van der Waals surface area contributed by atoms with Gasteiger partial charge < -0.3 is 5.73 Å². The lowest BCUT2D eigenvalue weighted by atomic mass is 10.1. The molecule has 0 bridgehead atoms. The Bertz CT molecular complexity index is 451. The fourth-order valence-electron chi connectivity index (χ4n) is 1.63. The van der Waals surface area contributed by atoms with Crippen molar-refractivity contribution in [2.75, 3.05) is 6.54 Å². The van der Waals surface area contributed by atoms with Crippen molar-refractivity contribution in [2.45, 2.75) is 6.42 Å². The first-order valence-electron chi connectivity index (χ1n) is 4.68. The van der Waals surface area contributed by atoms with E-state index in [2.05, 4.69) is 52.3 Å². The Balaban J connectivity index is 2.60. The van der Waals surface area contributed by atoms with Crippen LogP contribution in [0, 0.1) is 0 Å². The maximum atomic E-state index is 5.54. The number of hydrogen-bond acceptors (Lipinski definition) is 1. The van der Waals surface area contributed by atoms with E-state index in [1.807, 2.05) is 0 Å². The zero-order valence-electron chi connectivity index (χ0n) is 7.83. The van der Waals surface area contributed by atoms with Gasteiger partial charge in [-0.1, -0.05) is 46.3 Å². The molecule has 0 saturated heterocycles. The van der Waals surface area contributed by atoms with E-state index in [4.69, 9.17) is 5.73 Å². The lowest BCUT2D eigenvalue weighted by molar-refractivity contribution is 0.970. The van der Waals surface area contributed by atoms with E-state index in [1.54, 1.807) is 0 Å². The molecule has 0 radical (unpaired) electrons. The summed E-state index contributed by atoms with van der Waals surface area (Å²) in [5.41, 5.74) is 6.83. The zero-order chi connectivity index (χ0) is 9.97. The van der Waals surface area contributed by atoms with Crippen LogP contribution in [0.15, 0.2) is 40.9 Å². The van der Waals surface area contributed by atoms with E-state index in [0.717, 1.165) is 10.9 Å². The van der Waals surface area contributed by atoms with Crippen LogP contribution >= 0.6 is 15.9 Å².